The van der Waals surface area contributed by atoms with Crippen molar-refractivity contribution in [1.82, 2.24) is 9.97 Å². The summed E-state index contributed by atoms with van der Waals surface area (Å²) in [6, 6.07) is 3.85. The molecule has 4 aliphatic rings. The Morgan fingerprint density at radius 3 is 2.71 bits per heavy atom. The Bertz CT molecular complexity index is 860. The predicted octanol–water partition coefficient (Wildman–Crippen LogP) is 5.55. The van der Waals surface area contributed by atoms with E-state index in [4.69, 9.17) is 5.26 Å². The number of aromatic nitrogens is 2. The van der Waals surface area contributed by atoms with Crippen LogP contribution in [0.15, 0.2) is 12.3 Å². The maximum Gasteiger partial charge on any atom is 0.144 e. The lowest BCUT2D eigenvalue weighted by Gasteiger charge is -2.57. The SMILES string of the molecule is C[C@H](Cc1nccc(C#N)n1)[C@H]1CC[C@H]2[C@@H]3CC[C@@H]4C[C@](C)(O)CC[C@@H]4[C@H]3CC[C@]12C. The maximum atomic E-state index is 10.6. The van der Waals surface area contributed by atoms with Crippen LogP contribution in [-0.2, 0) is 6.42 Å². The van der Waals surface area contributed by atoms with Gasteiger partial charge in [0, 0.05) is 12.6 Å². The van der Waals surface area contributed by atoms with Crippen LogP contribution in [0.5, 0.6) is 0 Å². The van der Waals surface area contributed by atoms with Gasteiger partial charge in [0.2, 0.25) is 0 Å². The first-order valence-corrected chi connectivity index (χ1v) is 12.7. The van der Waals surface area contributed by atoms with E-state index in [2.05, 4.69) is 36.8 Å². The Morgan fingerprint density at radius 1 is 1.10 bits per heavy atom. The molecule has 9 atom stereocenters. The highest BCUT2D eigenvalue weighted by Gasteiger charge is 2.58. The molecule has 1 aromatic heterocycles. The number of aliphatic hydroxyl groups is 1. The molecule has 0 aliphatic heterocycles. The molecule has 0 bridgehead atoms. The Kier molecular flexibility index (Phi) is 5.40. The molecule has 1 N–H and O–H groups in total. The van der Waals surface area contributed by atoms with Crippen LogP contribution in [0.3, 0.4) is 0 Å². The smallest absolute Gasteiger partial charge is 0.144 e. The van der Waals surface area contributed by atoms with E-state index in [0.29, 0.717) is 17.0 Å². The highest BCUT2D eigenvalue weighted by molar-refractivity contribution is 5.18. The van der Waals surface area contributed by atoms with Crippen molar-refractivity contribution in [2.75, 3.05) is 0 Å². The molecule has 0 spiro atoms. The molecule has 4 saturated carbocycles. The summed E-state index contributed by atoms with van der Waals surface area (Å²) in [5, 5.41) is 19.8. The number of hydrogen-bond donors (Lipinski definition) is 1. The molecule has 1 aromatic rings. The summed E-state index contributed by atoms with van der Waals surface area (Å²) < 4.78 is 0. The summed E-state index contributed by atoms with van der Waals surface area (Å²) in [5.41, 5.74) is 0.507. The van der Waals surface area contributed by atoms with Gasteiger partial charge in [-0.05, 0) is 118 Å². The van der Waals surface area contributed by atoms with Gasteiger partial charge in [-0.3, -0.25) is 0 Å². The van der Waals surface area contributed by atoms with E-state index >= 15 is 0 Å². The zero-order valence-corrected chi connectivity index (χ0v) is 19.6. The third-order valence-electron chi connectivity index (χ3n) is 10.3. The standard InChI is InChI=1S/C27H39N3O/c1-17(14-25-29-13-10-19(16-28)30-25)23-6-7-24-22-5-4-18-15-26(2,31)11-8-20(18)21(22)9-12-27(23,24)3/h10,13,17-18,20-24,31H,4-9,11-12,14-15H2,1-3H3/t17-,18-,20+,21-,22-,23-,24+,26-,27-/m1/s1. The molecule has 168 valence electrons. The summed E-state index contributed by atoms with van der Waals surface area (Å²) in [7, 11) is 0. The fourth-order valence-corrected chi connectivity index (χ4v) is 9.05. The third kappa shape index (κ3) is 3.71. The van der Waals surface area contributed by atoms with Crippen LogP contribution in [0.1, 0.15) is 90.1 Å². The van der Waals surface area contributed by atoms with Crippen LogP contribution >= 0.6 is 0 Å². The quantitative estimate of drug-likeness (QED) is 0.695. The number of rotatable bonds is 3. The Balaban J connectivity index is 1.30. The van der Waals surface area contributed by atoms with Gasteiger partial charge in [-0.25, -0.2) is 9.97 Å². The minimum absolute atomic E-state index is 0.421. The molecule has 0 saturated heterocycles. The fraction of sp³-hybridized carbons (Fsp3) is 0.815. The molecule has 0 radical (unpaired) electrons. The lowest BCUT2D eigenvalue weighted by Crippen LogP contribution is -2.50. The van der Waals surface area contributed by atoms with Gasteiger partial charge < -0.3 is 5.11 Å². The summed E-state index contributed by atoms with van der Waals surface area (Å²) in [5.74, 6) is 6.42. The summed E-state index contributed by atoms with van der Waals surface area (Å²) >= 11 is 0. The molecule has 1 heterocycles. The Labute approximate surface area is 187 Å². The maximum absolute atomic E-state index is 10.6. The minimum atomic E-state index is -0.421. The second kappa shape index (κ2) is 7.84. The van der Waals surface area contributed by atoms with Gasteiger partial charge in [0.15, 0.2) is 0 Å². The topological polar surface area (TPSA) is 69.8 Å². The average molecular weight is 422 g/mol. The van der Waals surface area contributed by atoms with Crippen LogP contribution in [-0.4, -0.2) is 20.7 Å². The van der Waals surface area contributed by atoms with Crippen molar-refractivity contribution < 1.29 is 5.11 Å². The van der Waals surface area contributed by atoms with Crippen LogP contribution < -0.4 is 0 Å². The lowest BCUT2D eigenvalue weighted by molar-refractivity contribution is -0.102. The Hall–Kier alpha value is -1.47. The van der Waals surface area contributed by atoms with Gasteiger partial charge in [-0.15, -0.1) is 0 Å². The van der Waals surface area contributed by atoms with Gasteiger partial charge in [0.05, 0.1) is 5.60 Å². The summed E-state index contributed by atoms with van der Waals surface area (Å²) in [6.45, 7) is 7.06. The van der Waals surface area contributed by atoms with Crippen molar-refractivity contribution >= 4 is 0 Å². The molecule has 5 rings (SSSR count). The van der Waals surface area contributed by atoms with Gasteiger partial charge >= 0.3 is 0 Å². The van der Waals surface area contributed by atoms with Crippen LogP contribution in [0.25, 0.3) is 0 Å². The second-order valence-corrected chi connectivity index (χ2v) is 12.1. The zero-order valence-electron chi connectivity index (χ0n) is 19.6. The summed E-state index contributed by atoms with van der Waals surface area (Å²) in [6.07, 6.45) is 14.1. The Morgan fingerprint density at radius 2 is 1.90 bits per heavy atom. The first-order chi connectivity index (χ1) is 14.8. The highest BCUT2D eigenvalue weighted by Crippen LogP contribution is 2.65. The number of fused-ring (bicyclic) bond motifs is 5. The first-order valence-electron chi connectivity index (χ1n) is 12.7. The van der Waals surface area contributed by atoms with E-state index in [1.807, 2.05) is 0 Å². The monoisotopic (exact) mass is 421 g/mol. The zero-order chi connectivity index (χ0) is 21.8. The molecule has 0 aromatic carbocycles. The van der Waals surface area contributed by atoms with Gasteiger partial charge in [-0.2, -0.15) is 5.26 Å². The summed E-state index contributed by atoms with van der Waals surface area (Å²) in [4.78, 5) is 8.92. The molecular weight excluding hydrogens is 382 g/mol. The molecule has 31 heavy (non-hydrogen) atoms. The van der Waals surface area contributed by atoms with Crippen LogP contribution in [0, 0.1) is 58.2 Å². The minimum Gasteiger partial charge on any atom is -0.390 e. The largest absolute Gasteiger partial charge is 0.390 e. The normalized spacial score (nSPS) is 45.1. The second-order valence-electron chi connectivity index (χ2n) is 12.1. The highest BCUT2D eigenvalue weighted by atomic mass is 16.3. The predicted molar refractivity (Wildman–Crippen MR) is 121 cm³/mol. The fourth-order valence-electron chi connectivity index (χ4n) is 9.05. The van der Waals surface area contributed by atoms with Gasteiger partial charge in [0.25, 0.3) is 0 Å². The molecule has 0 unspecified atom stereocenters. The van der Waals surface area contributed by atoms with Crippen molar-refractivity contribution in [3.05, 3.63) is 23.8 Å². The van der Waals surface area contributed by atoms with E-state index in [9.17, 15) is 5.11 Å². The van der Waals surface area contributed by atoms with Crippen molar-refractivity contribution in [3.8, 4) is 6.07 Å². The number of nitrogens with zero attached hydrogens (tertiary/aromatic N) is 3. The number of hydrogen-bond acceptors (Lipinski definition) is 4. The van der Waals surface area contributed by atoms with Crippen LogP contribution in [0.2, 0.25) is 0 Å². The van der Waals surface area contributed by atoms with E-state index in [1.165, 1.54) is 44.9 Å². The molecule has 4 aliphatic carbocycles. The van der Waals surface area contributed by atoms with E-state index in [-0.39, 0.29) is 0 Å². The molecule has 4 fully saturated rings. The van der Waals surface area contributed by atoms with Crippen molar-refractivity contribution in [1.29, 1.82) is 5.26 Å². The van der Waals surface area contributed by atoms with E-state index < -0.39 is 5.60 Å². The van der Waals surface area contributed by atoms with Crippen LogP contribution in [0.4, 0.5) is 0 Å². The van der Waals surface area contributed by atoms with E-state index in [1.54, 1.807) is 12.3 Å². The average Bonchev–Trinajstić information content (AvgIpc) is 3.10. The van der Waals surface area contributed by atoms with Gasteiger partial charge in [0.1, 0.15) is 17.6 Å². The number of nitriles is 1. The van der Waals surface area contributed by atoms with Crippen molar-refractivity contribution in [3.63, 3.8) is 0 Å². The van der Waals surface area contributed by atoms with Gasteiger partial charge in [-0.1, -0.05) is 13.8 Å². The molecule has 4 heteroatoms. The van der Waals surface area contributed by atoms with Crippen molar-refractivity contribution in [2.45, 2.75) is 90.6 Å². The molecule has 4 nitrogen and oxygen atoms in total. The first kappa shape index (κ1) is 21.4. The van der Waals surface area contributed by atoms with Crippen molar-refractivity contribution in [2.24, 2.45) is 46.8 Å². The molecule has 0 amide bonds. The third-order valence-corrected chi connectivity index (χ3v) is 10.3. The van der Waals surface area contributed by atoms with E-state index in [0.717, 1.165) is 60.6 Å². The lowest BCUT2D eigenvalue weighted by atomic mass is 9.48. The molecular formula is C27H39N3O.